The van der Waals surface area contributed by atoms with Crippen molar-refractivity contribution in [1.82, 2.24) is 13.9 Å². The van der Waals surface area contributed by atoms with E-state index in [0.717, 1.165) is 60.8 Å². The zero-order valence-electron chi connectivity index (χ0n) is 19.9. The molecule has 2 saturated heterocycles. The van der Waals surface area contributed by atoms with E-state index in [0.29, 0.717) is 23.9 Å². The van der Waals surface area contributed by atoms with Gasteiger partial charge in [-0.3, -0.25) is 0 Å². The van der Waals surface area contributed by atoms with Gasteiger partial charge in [0.15, 0.2) is 5.16 Å². The third-order valence-electron chi connectivity index (χ3n) is 6.80. The molecule has 0 radical (unpaired) electrons. The molecule has 0 N–H and O–H groups in total. The lowest BCUT2D eigenvalue weighted by atomic mass is 10.0. The molecule has 1 aromatic heterocycles. The molecule has 0 unspecified atom stereocenters. The number of benzene rings is 2. The Hall–Kier alpha value is -1.87. The van der Waals surface area contributed by atoms with Crippen molar-refractivity contribution in [3.63, 3.8) is 0 Å². The highest BCUT2D eigenvalue weighted by molar-refractivity contribution is 7.98. The maximum absolute atomic E-state index is 13.4. The van der Waals surface area contributed by atoms with Crippen LogP contribution in [0.1, 0.15) is 43.7 Å². The SMILES string of the molecule is Cc1cccc(CSc2nc3cc(S(=O)(=O)N4CCC[C@H](C)C4)ccc3n2C[C@@H]2CCCO2)c1. The summed E-state index contributed by atoms with van der Waals surface area (Å²) in [4.78, 5) is 5.25. The molecule has 0 bridgehead atoms. The summed E-state index contributed by atoms with van der Waals surface area (Å²) in [6.45, 7) is 6.95. The average molecular weight is 500 g/mol. The fourth-order valence-corrected chi connectivity index (χ4v) is 7.58. The number of thioether (sulfide) groups is 1. The summed E-state index contributed by atoms with van der Waals surface area (Å²) >= 11 is 1.70. The topological polar surface area (TPSA) is 64.4 Å². The molecular weight excluding hydrogens is 466 g/mol. The van der Waals surface area contributed by atoms with Crippen molar-refractivity contribution in [2.45, 2.75) is 68.0 Å². The van der Waals surface area contributed by atoms with Gasteiger partial charge < -0.3 is 9.30 Å². The minimum Gasteiger partial charge on any atom is -0.376 e. The molecule has 6 nitrogen and oxygen atoms in total. The highest BCUT2D eigenvalue weighted by Crippen LogP contribution is 2.31. The molecule has 5 rings (SSSR count). The number of hydrogen-bond donors (Lipinski definition) is 0. The molecule has 182 valence electrons. The van der Waals surface area contributed by atoms with Crippen molar-refractivity contribution in [2.24, 2.45) is 5.92 Å². The number of rotatable bonds is 7. The van der Waals surface area contributed by atoms with Crippen molar-refractivity contribution < 1.29 is 13.2 Å². The summed E-state index contributed by atoms with van der Waals surface area (Å²) in [7, 11) is -3.52. The van der Waals surface area contributed by atoms with Crippen molar-refractivity contribution in [3.8, 4) is 0 Å². The van der Waals surface area contributed by atoms with Gasteiger partial charge >= 0.3 is 0 Å². The fraction of sp³-hybridized carbons (Fsp3) is 0.500. The third-order valence-corrected chi connectivity index (χ3v) is 9.71. The van der Waals surface area contributed by atoms with Crippen LogP contribution in [0.25, 0.3) is 11.0 Å². The number of nitrogens with zero attached hydrogens (tertiary/aromatic N) is 3. The van der Waals surface area contributed by atoms with Crippen molar-refractivity contribution in [1.29, 1.82) is 0 Å². The molecule has 3 aromatic rings. The van der Waals surface area contributed by atoms with E-state index in [1.165, 1.54) is 11.1 Å². The summed E-state index contributed by atoms with van der Waals surface area (Å²) in [6.07, 6.45) is 4.30. The number of fused-ring (bicyclic) bond motifs is 1. The minimum absolute atomic E-state index is 0.175. The molecule has 0 amide bonds. The highest BCUT2D eigenvalue weighted by atomic mass is 32.2. The summed E-state index contributed by atoms with van der Waals surface area (Å²) in [5.74, 6) is 1.20. The Kier molecular flexibility index (Phi) is 7.02. The van der Waals surface area contributed by atoms with Gasteiger partial charge in [-0.15, -0.1) is 0 Å². The standard InChI is InChI=1S/C26H33N3O3S2/c1-19-6-3-8-21(14-19)18-33-26-27-24-15-23(34(30,31)28-12-4-7-20(2)16-28)10-11-25(24)29(26)17-22-9-5-13-32-22/h3,6,8,10-11,14-15,20,22H,4-5,7,9,12-13,16-18H2,1-2H3/t20-,22-/m0/s1. The number of sulfonamides is 1. The monoisotopic (exact) mass is 499 g/mol. The van der Waals surface area contributed by atoms with Gasteiger partial charge in [0.25, 0.3) is 0 Å². The predicted octanol–water partition coefficient (Wildman–Crippen LogP) is 5.24. The zero-order chi connectivity index (χ0) is 23.7. The van der Waals surface area contributed by atoms with Crippen LogP contribution in [0.2, 0.25) is 0 Å². The fourth-order valence-electron chi connectivity index (χ4n) is 4.99. The first-order valence-corrected chi connectivity index (χ1v) is 14.6. The van der Waals surface area contributed by atoms with Crippen molar-refractivity contribution in [2.75, 3.05) is 19.7 Å². The van der Waals surface area contributed by atoms with Crippen LogP contribution in [0, 0.1) is 12.8 Å². The number of ether oxygens (including phenoxy) is 1. The van der Waals surface area contributed by atoms with Gasteiger partial charge in [0.2, 0.25) is 10.0 Å². The molecule has 2 atom stereocenters. The van der Waals surface area contributed by atoms with E-state index in [1.807, 2.05) is 6.07 Å². The Morgan fingerprint density at radius 1 is 1.15 bits per heavy atom. The lowest BCUT2D eigenvalue weighted by molar-refractivity contribution is 0.0960. The normalized spacial score (nSPS) is 21.9. The Morgan fingerprint density at radius 3 is 2.79 bits per heavy atom. The van der Waals surface area contributed by atoms with E-state index < -0.39 is 10.0 Å². The molecule has 2 aliphatic heterocycles. The molecule has 2 aromatic carbocycles. The molecular formula is C26H33N3O3S2. The smallest absolute Gasteiger partial charge is 0.243 e. The molecule has 8 heteroatoms. The minimum atomic E-state index is -3.52. The first-order chi connectivity index (χ1) is 16.4. The highest BCUT2D eigenvalue weighted by Gasteiger charge is 2.29. The zero-order valence-corrected chi connectivity index (χ0v) is 21.6. The Labute approximate surface area is 206 Å². The number of imidazole rings is 1. The Morgan fingerprint density at radius 2 is 2.03 bits per heavy atom. The number of piperidine rings is 1. The van der Waals surface area contributed by atoms with Gasteiger partial charge in [0.1, 0.15) is 0 Å². The van der Waals surface area contributed by atoms with Gasteiger partial charge in [0, 0.05) is 25.4 Å². The summed E-state index contributed by atoms with van der Waals surface area (Å²) < 4.78 is 36.5. The van der Waals surface area contributed by atoms with E-state index in [2.05, 4.69) is 42.7 Å². The predicted molar refractivity (Wildman–Crippen MR) is 137 cm³/mol. The van der Waals surface area contributed by atoms with Crippen LogP contribution < -0.4 is 0 Å². The Bertz CT molecular complexity index is 1270. The maximum Gasteiger partial charge on any atom is 0.243 e. The quantitative estimate of drug-likeness (QED) is 0.416. The molecule has 0 aliphatic carbocycles. The number of hydrogen-bond acceptors (Lipinski definition) is 5. The van der Waals surface area contributed by atoms with Crippen LogP contribution in [0.15, 0.2) is 52.5 Å². The lowest BCUT2D eigenvalue weighted by Crippen LogP contribution is -2.39. The van der Waals surface area contributed by atoms with Crippen LogP contribution in [0.4, 0.5) is 0 Å². The second kappa shape index (κ2) is 10.0. The van der Waals surface area contributed by atoms with E-state index in [1.54, 1.807) is 28.2 Å². The lowest BCUT2D eigenvalue weighted by Gasteiger charge is -2.30. The van der Waals surface area contributed by atoms with E-state index in [-0.39, 0.29) is 6.10 Å². The molecule has 2 fully saturated rings. The van der Waals surface area contributed by atoms with E-state index in [4.69, 9.17) is 9.72 Å². The summed E-state index contributed by atoms with van der Waals surface area (Å²) in [5, 5.41) is 0.910. The first kappa shape index (κ1) is 23.9. The number of aromatic nitrogens is 2. The van der Waals surface area contributed by atoms with Crippen molar-refractivity contribution in [3.05, 3.63) is 53.6 Å². The van der Waals surface area contributed by atoms with Gasteiger partial charge in [-0.2, -0.15) is 4.31 Å². The van der Waals surface area contributed by atoms with Gasteiger partial charge in [-0.1, -0.05) is 48.5 Å². The van der Waals surface area contributed by atoms with Gasteiger partial charge in [0.05, 0.1) is 28.6 Å². The summed E-state index contributed by atoms with van der Waals surface area (Å²) in [6, 6.07) is 14.0. The molecule has 3 heterocycles. The van der Waals surface area contributed by atoms with Crippen LogP contribution in [-0.4, -0.2) is 48.1 Å². The second-order valence-electron chi connectivity index (χ2n) is 9.68. The molecule has 0 saturated carbocycles. The van der Waals surface area contributed by atoms with Crippen LogP contribution in [0.3, 0.4) is 0 Å². The van der Waals surface area contributed by atoms with Gasteiger partial charge in [-0.05, 0) is 62.3 Å². The second-order valence-corrected chi connectivity index (χ2v) is 12.6. The van der Waals surface area contributed by atoms with Crippen LogP contribution in [0.5, 0.6) is 0 Å². The maximum atomic E-state index is 13.4. The molecule has 2 aliphatic rings. The summed E-state index contributed by atoms with van der Waals surface area (Å²) in [5.41, 5.74) is 4.19. The number of aryl methyl sites for hydroxylation is 1. The van der Waals surface area contributed by atoms with E-state index in [9.17, 15) is 8.42 Å². The largest absolute Gasteiger partial charge is 0.376 e. The van der Waals surface area contributed by atoms with E-state index >= 15 is 0 Å². The first-order valence-electron chi connectivity index (χ1n) is 12.2. The van der Waals surface area contributed by atoms with Crippen molar-refractivity contribution >= 4 is 32.8 Å². The van der Waals surface area contributed by atoms with Crippen LogP contribution >= 0.6 is 11.8 Å². The molecule has 34 heavy (non-hydrogen) atoms. The average Bonchev–Trinajstić information content (AvgIpc) is 3.46. The van der Waals surface area contributed by atoms with Gasteiger partial charge in [-0.25, -0.2) is 13.4 Å². The third kappa shape index (κ3) is 5.05. The Balaban J connectivity index is 1.47. The molecule has 0 spiro atoms. The van der Waals surface area contributed by atoms with Crippen LogP contribution in [-0.2, 0) is 27.1 Å².